The Morgan fingerprint density at radius 1 is 1.33 bits per heavy atom. The molecular formula is C14H13F3N2OS. The Labute approximate surface area is 123 Å². The van der Waals surface area contributed by atoms with Crippen LogP contribution in [0.3, 0.4) is 0 Å². The molecule has 0 unspecified atom stereocenters. The molecule has 1 heterocycles. The van der Waals surface area contributed by atoms with E-state index in [0.717, 1.165) is 16.5 Å². The normalized spacial score (nSPS) is 11.4. The quantitative estimate of drug-likeness (QED) is 0.851. The van der Waals surface area contributed by atoms with Crippen molar-refractivity contribution in [3.63, 3.8) is 0 Å². The summed E-state index contributed by atoms with van der Waals surface area (Å²) in [7, 11) is 0. The summed E-state index contributed by atoms with van der Waals surface area (Å²) in [5.41, 5.74) is 4.78. The highest BCUT2D eigenvalue weighted by Crippen LogP contribution is 2.34. The molecule has 0 atom stereocenters. The van der Waals surface area contributed by atoms with E-state index in [2.05, 4.69) is 5.32 Å². The van der Waals surface area contributed by atoms with Gasteiger partial charge in [0.15, 0.2) is 0 Å². The third kappa shape index (κ3) is 3.36. The molecule has 0 saturated heterocycles. The van der Waals surface area contributed by atoms with Crippen LogP contribution >= 0.6 is 11.3 Å². The van der Waals surface area contributed by atoms with E-state index in [0.29, 0.717) is 0 Å². The first-order chi connectivity index (χ1) is 9.80. The summed E-state index contributed by atoms with van der Waals surface area (Å²) in [4.78, 5) is 13.0. The Balaban J connectivity index is 2.18. The minimum atomic E-state index is -4.58. The molecule has 7 heteroatoms. The number of carbonyl (C=O) groups is 1. The number of anilines is 1. The van der Waals surface area contributed by atoms with Crippen LogP contribution in [0.15, 0.2) is 29.6 Å². The topological polar surface area (TPSA) is 55.1 Å². The van der Waals surface area contributed by atoms with Gasteiger partial charge < -0.3 is 11.1 Å². The highest BCUT2D eigenvalue weighted by Gasteiger charge is 2.34. The predicted molar refractivity (Wildman–Crippen MR) is 76.1 cm³/mol. The van der Waals surface area contributed by atoms with E-state index in [1.54, 1.807) is 0 Å². The lowest BCUT2D eigenvalue weighted by molar-refractivity contribution is -0.136. The third-order valence-corrected chi connectivity index (χ3v) is 4.06. The molecule has 0 spiro atoms. The zero-order valence-corrected chi connectivity index (χ0v) is 11.9. The second-order valence-corrected chi connectivity index (χ2v) is 5.47. The number of nitrogens with two attached hydrogens (primary N) is 1. The molecule has 0 saturated carbocycles. The Kier molecular flexibility index (Phi) is 4.22. The fourth-order valence-electron chi connectivity index (χ4n) is 1.85. The molecule has 0 aliphatic carbocycles. The van der Waals surface area contributed by atoms with E-state index in [-0.39, 0.29) is 12.1 Å². The number of carbonyl (C=O) groups excluding carboxylic acids is 1. The average Bonchev–Trinajstić information content (AvgIpc) is 2.80. The molecule has 0 aliphatic rings. The van der Waals surface area contributed by atoms with Gasteiger partial charge in [-0.2, -0.15) is 13.2 Å². The molecular weight excluding hydrogens is 301 g/mol. The van der Waals surface area contributed by atoms with Crippen molar-refractivity contribution in [3.05, 3.63) is 51.2 Å². The number of amides is 1. The van der Waals surface area contributed by atoms with Crippen LogP contribution in [0.25, 0.3) is 0 Å². The van der Waals surface area contributed by atoms with Crippen molar-refractivity contribution in [1.82, 2.24) is 5.32 Å². The maximum atomic E-state index is 12.7. The van der Waals surface area contributed by atoms with Gasteiger partial charge in [0.25, 0.3) is 5.91 Å². The van der Waals surface area contributed by atoms with Gasteiger partial charge in [-0.3, -0.25) is 4.79 Å². The average molecular weight is 314 g/mol. The lowest BCUT2D eigenvalue weighted by Crippen LogP contribution is -2.24. The molecule has 21 heavy (non-hydrogen) atoms. The number of hydrogen-bond donors (Lipinski definition) is 2. The fourth-order valence-corrected chi connectivity index (χ4v) is 2.70. The summed E-state index contributed by atoms with van der Waals surface area (Å²) in [6.45, 7) is 2.16. The summed E-state index contributed by atoms with van der Waals surface area (Å²) in [6, 6.07) is 5.21. The predicted octanol–water partition coefficient (Wildman–Crippen LogP) is 3.59. The number of halogens is 3. The Morgan fingerprint density at radius 2 is 2.05 bits per heavy atom. The van der Waals surface area contributed by atoms with E-state index in [1.807, 2.05) is 18.4 Å². The van der Waals surface area contributed by atoms with Crippen molar-refractivity contribution in [3.8, 4) is 0 Å². The van der Waals surface area contributed by atoms with Crippen molar-refractivity contribution in [2.24, 2.45) is 0 Å². The molecule has 112 valence electrons. The van der Waals surface area contributed by atoms with Crippen molar-refractivity contribution >= 4 is 22.9 Å². The molecule has 1 aromatic heterocycles. The second kappa shape index (κ2) is 5.77. The molecule has 2 aromatic rings. The van der Waals surface area contributed by atoms with Crippen LogP contribution in [0, 0.1) is 6.92 Å². The smallest absolute Gasteiger partial charge is 0.398 e. The Bertz CT molecular complexity index is 664. The van der Waals surface area contributed by atoms with Crippen molar-refractivity contribution in [2.45, 2.75) is 19.6 Å². The first kappa shape index (κ1) is 15.4. The summed E-state index contributed by atoms with van der Waals surface area (Å²) in [5.74, 6) is -0.619. The summed E-state index contributed by atoms with van der Waals surface area (Å²) < 4.78 is 38.2. The van der Waals surface area contributed by atoms with Crippen LogP contribution < -0.4 is 11.1 Å². The van der Waals surface area contributed by atoms with E-state index >= 15 is 0 Å². The van der Waals surface area contributed by atoms with Gasteiger partial charge in [0.2, 0.25) is 0 Å². The Hall–Kier alpha value is -2.02. The van der Waals surface area contributed by atoms with Gasteiger partial charge in [0.1, 0.15) is 0 Å². The van der Waals surface area contributed by atoms with Gasteiger partial charge in [-0.15, -0.1) is 11.3 Å². The number of nitrogens with one attached hydrogen (secondary N) is 1. The summed E-state index contributed by atoms with van der Waals surface area (Å²) in [5, 5.41) is 4.47. The zero-order valence-electron chi connectivity index (χ0n) is 11.1. The zero-order chi connectivity index (χ0) is 15.6. The van der Waals surface area contributed by atoms with E-state index in [9.17, 15) is 18.0 Å². The van der Waals surface area contributed by atoms with Gasteiger partial charge in [0.05, 0.1) is 23.4 Å². The summed E-state index contributed by atoms with van der Waals surface area (Å²) >= 11 is 1.47. The lowest BCUT2D eigenvalue weighted by Gasteiger charge is -2.13. The summed E-state index contributed by atoms with van der Waals surface area (Å²) in [6.07, 6.45) is -4.58. The minimum Gasteiger partial charge on any atom is -0.398 e. The van der Waals surface area contributed by atoms with E-state index in [4.69, 9.17) is 5.73 Å². The number of aryl methyl sites for hydroxylation is 1. The van der Waals surface area contributed by atoms with E-state index in [1.165, 1.54) is 23.5 Å². The van der Waals surface area contributed by atoms with E-state index < -0.39 is 23.3 Å². The van der Waals surface area contributed by atoms with Crippen molar-refractivity contribution < 1.29 is 18.0 Å². The first-order valence-electron chi connectivity index (χ1n) is 6.07. The third-order valence-electron chi connectivity index (χ3n) is 3.03. The maximum absolute atomic E-state index is 12.7. The van der Waals surface area contributed by atoms with Crippen molar-refractivity contribution in [1.29, 1.82) is 0 Å². The largest absolute Gasteiger partial charge is 0.418 e. The molecule has 1 aromatic carbocycles. The molecule has 0 bridgehead atoms. The molecule has 3 N–H and O–H groups in total. The van der Waals surface area contributed by atoms with Gasteiger partial charge >= 0.3 is 6.18 Å². The number of thiophene rings is 1. The molecule has 2 rings (SSSR count). The van der Waals surface area contributed by atoms with Crippen LogP contribution in [0.5, 0.6) is 0 Å². The molecule has 1 amide bonds. The number of hydrogen-bond acceptors (Lipinski definition) is 3. The number of alkyl halides is 3. The lowest BCUT2D eigenvalue weighted by atomic mass is 10.1. The van der Waals surface area contributed by atoms with Crippen LogP contribution in [0.2, 0.25) is 0 Å². The fraction of sp³-hybridized carbons (Fsp3) is 0.214. The van der Waals surface area contributed by atoms with Crippen LogP contribution in [0.1, 0.15) is 26.4 Å². The van der Waals surface area contributed by atoms with Crippen LogP contribution in [-0.2, 0) is 12.7 Å². The highest BCUT2D eigenvalue weighted by molar-refractivity contribution is 7.10. The molecule has 3 nitrogen and oxygen atoms in total. The standard InChI is InChI=1S/C14H13F3N2OS/c1-8-5-6-21-11(8)7-19-13(20)9-3-2-4-10(12(9)18)14(15,16)17/h2-6H,7,18H2,1H3,(H,19,20). The number of para-hydroxylation sites is 1. The second-order valence-electron chi connectivity index (χ2n) is 4.47. The molecule has 0 fully saturated rings. The van der Waals surface area contributed by atoms with Gasteiger partial charge in [-0.1, -0.05) is 6.07 Å². The van der Waals surface area contributed by atoms with Crippen LogP contribution in [-0.4, -0.2) is 5.91 Å². The highest BCUT2D eigenvalue weighted by atomic mass is 32.1. The van der Waals surface area contributed by atoms with Gasteiger partial charge in [0, 0.05) is 4.88 Å². The number of nitrogen functional groups attached to an aromatic ring is 1. The van der Waals surface area contributed by atoms with Crippen LogP contribution in [0.4, 0.5) is 18.9 Å². The first-order valence-corrected chi connectivity index (χ1v) is 6.95. The van der Waals surface area contributed by atoms with Gasteiger partial charge in [-0.25, -0.2) is 0 Å². The molecule has 0 radical (unpaired) electrons. The Morgan fingerprint density at radius 3 is 2.62 bits per heavy atom. The monoisotopic (exact) mass is 314 g/mol. The minimum absolute atomic E-state index is 0.168. The number of rotatable bonds is 3. The van der Waals surface area contributed by atoms with Gasteiger partial charge in [-0.05, 0) is 36.1 Å². The SMILES string of the molecule is Cc1ccsc1CNC(=O)c1cccc(C(F)(F)F)c1N. The molecule has 0 aliphatic heterocycles. The maximum Gasteiger partial charge on any atom is 0.418 e. The van der Waals surface area contributed by atoms with Crippen molar-refractivity contribution in [2.75, 3.05) is 5.73 Å². The number of benzene rings is 1.